The monoisotopic (exact) mass is 402 g/mol. The number of carbonyl (C=O) groups excluding carboxylic acids is 1. The van der Waals surface area contributed by atoms with E-state index in [0.29, 0.717) is 17.5 Å². The fourth-order valence-corrected chi connectivity index (χ4v) is 3.90. The summed E-state index contributed by atoms with van der Waals surface area (Å²) < 4.78 is 0. The molecule has 2 bridgehead atoms. The van der Waals surface area contributed by atoms with Gasteiger partial charge in [0.05, 0.1) is 17.9 Å². The molecule has 2 aliphatic heterocycles. The van der Waals surface area contributed by atoms with E-state index >= 15 is 0 Å². The SMILES string of the molecule is CN(C)c1ccc(-c2ncc3c(n2)N(C(=O)Nc2ccccn2)[C@H]2CCN3C2)cn1. The van der Waals surface area contributed by atoms with Crippen LogP contribution in [0.5, 0.6) is 0 Å². The van der Waals surface area contributed by atoms with Crippen molar-refractivity contribution in [2.45, 2.75) is 12.5 Å². The normalized spacial score (nSPS) is 16.9. The van der Waals surface area contributed by atoms with Crippen LogP contribution in [0.4, 0.5) is 27.9 Å². The second-order valence-electron chi connectivity index (χ2n) is 7.61. The van der Waals surface area contributed by atoms with Gasteiger partial charge >= 0.3 is 6.03 Å². The molecular formula is C21H22N8O. The van der Waals surface area contributed by atoms with Crippen LogP contribution in [0, 0.1) is 0 Å². The molecule has 0 aliphatic carbocycles. The molecule has 0 aromatic carbocycles. The lowest BCUT2D eigenvalue weighted by molar-refractivity contribution is 0.254. The van der Waals surface area contributed by atoms with Crippen LogP contribution >= 0.6 is 0 Å². The average molecular weight is 402 g/mol. The molecule has 5 rings (SSSR count). The number of carbonyl (C=O) groups is 1. The lowest BCUT2D eigenvalue weighted by atomic mass is 10.2. The van der Waals surface area contributed by atoms with Crippen LogP contribution in [0.1, 0.15) is 6.42 Å². The van der Waals surface area contributed by atoms with Crippen molar-refractivity contribution in [3.8, 4) is 11.4 Å². The summed E-state index contributed by atoms with van der Waals surface area (Å²) in [5.41, 5.74) is 1.68. The molecule has 1 atom stereocenters. The summed E-state index contributed by atoms with van der Waals surface area (Å²) in [7, 11) is 3.89. The van der Waals surface area contributed by atoms with Gasteiger partial charge in [0.1, 0.15) is 11.6 Å². The van der Waals surface area contributed by atoms with E-state index in [2.05, 4.69) is 25.2 Å². The van der Waals surface area contributed by atoms with Gasteiger partial charge in [0.2, 0.25) is 0 Å². The minimum absolute atomic E-state index is 0.0678. The lowest BCUT2D eigenvalue weighted by Gasteiger charge is -2.35. The van der Waals surface area contributed by atoms with Crippen molar-refractivity contribution >= 4 is 29.2 Å². The Morgan fingerprint density at radius 2 is 2.03 bits per heavy atom. The van der Waals surface area contributed by atoms with Crippen molar-refractivity contribution in [2.24, 2.45) is 0 Å². The zero-order chi connectivity index (χ0) is 20.7. The zero-order valence-corrected chi connectivity index (χ0v) is 16.9. The molecular weight excluding hydrogens is 380 g/mol. The predicted molar refractivity (Wildman–Crippen MR) is 116 cm³/mol. The highest BCUT2D eigenvalue weighted by atomic mass is 16.2. The van der Waals surface area contributed by atoms with Gasteiger partial charge in [-0.1, -0.05) is 6.07 Å². The Morgan fingerprint density at radius 3 is 2.77 bits per heavy atom. The number of amides is 2. The van der Waals surface area contributed by atoms with Gasteiger partial charge in [-0.05, 0) is 30.7 Å². The standard InChI is InChI=1S/C21H22N8O/c1-27(2)18-7-6-14(11-23-18)19-24-12-16-20(26-19)29(15-8-10-28(16)13-15)21(30)25-17-5-3-4-9-22-17/h3-7,9,11-12,15H,8,10,13H2,1-2H3,(H,22,25,30)/t15-/m0/s1. The van der Waals surface area contributed by atoms with Gasteiger partial charge in [-0.25, -0.2) is 24.7 Å². The maximum Gasteiger partial charge on any atom is 0.329 e. The Kier molecular flexibility index (Phi) is 4.42. The van der Waals surface area contributed by atoms with E-state index in [-0.39, 0.29) is 12.1 Å². The van der Waals surface area contributed by atoms with E-state index in [0.717, 1.165) is 36.6 Å². The highest BCUT2D eigenvalue weighted by Gasteiger charge is 2.40. The molecule has 0 saturated carbocycles. The summed E-state index contributed by atoms with van der Waals surface area (Å²) in [4.78, 5) is 37.1. The van der Waals surface area contributed by atoms with Crippen molar-refractivity contribution in [3.05, 3.63) is 48.9 Å². The Balaban J connectivity index is 1.50. The first-order valence-corrected chi connectivity index (χ1v) is 9.87. The molecule has 1 fully saturated rings. The first-order valence-electron chi connectivity index (χ1n) is 9.87. The van der Waals surface area contributed by atoms with Gasteiger partial charge in [0.25, 0.3) is 0 Å². The van der Waals surface area contributed by atoms with E-state index < -0.39 is 0 Å². The maximum atomic E-state index is 13.2. The molecule has 0 unspecified atom stereocenters. The zero-order valence-electron chi connectivity index (χ0n) is 16.9. The van der Waals surface area contributed by atoms with Gasteiger partial charge in [0, 0.05) is 45.1 Å². The topological polar surface area (TPSA) is 90.4 Å². The molecule has 3 aromatic rings. The summed E-state index contributed by atoms with van der Waals surface area (Å²) >= 11 is 0. The van der Waals surface area contributed by atoms with Crippen molar-refractivity contribution in [1.29, 1.82) is 0 Å². The molecule has 30 heavy (non-hydrogen) atoms. The number of urea groups is 1. The van der Waals surface area contributed by atoms with Gasteiger partial charge in [-0.15, -0.1) is 0 Å². The Morgan fingerprint density at radius 1 is 1.13 bits per heavy atom. The quantitative estimate of drug-likeness (QED) is 0.720. The number of nitrogens with zero attached hydrogens (tertiary/aromatic N) is 7. The van der Waals surface area contributed by atoms with Gasteiger partial charge in [0.15, 0.2) is 11.6 Å². The third kappa shape index (κ3) is 3.18. The van der Waals surface area contributed by atoms with Crippen molar-refractivity contribution in [2.75, 3.05) is 47.2 Å². The molecule has 5 heterocycles. The largest absolute Gasteiger partial charge is 0.365 e. The van der Waals surface area contributed by atoms with Crippen molar-refractivity contribution in [1.82, 2.24) is 19.9 Å². The smallest absolute Gasteiger partial charge is 0.329 e. The molecule has 0 radical (unpaired) electrons. The van der Waals surface area contributed by atoms with E-state index in [9.17, 15) is 4.79 Å². The van der Waals surface area contributed by atoms with Gasteiger partial charge in [-0.3, -0.25) is 10.2 Å². The van der Waals surface area contributed by atoms with Crippen LogP contribution in [0.3, 0.4) is 0 Å². The molecule has 2 amide bonds. The molecule has 152 valence electrons. The summed E-state index contributed by atoms with van der Waals surface area (Å²) in [6, 6.07) is 9.14. The second kappa shape index (κ2) is 7.25. The highest BCUT2D eigenvalue weighted by Crippen LogP contribution is 2.39. The molecule has 9 heteroatoms. The van der Waals surface area contributed by atoms with Crippen molar-refractivity contribution in [3.63, 3.8) is 0 Å². The van der Waals surface area contributed by atoms with E-state index in [1.54, 1.807) is 29.6 Å². The molecule has 2 aliphatic rings. The number of nitrogens with one attached hydrogen (secondary N) is 1. The summed E-state index contributed by atoms with van der Waals surface area (Å²) in [5.74, 6) is 2.54. The third-order valence-corrected chi connectivity index (χ3v) is 5.43. The van der Waals surface area contributed by atoms with Gasteiger partial charge < -0.3 is 9.80 Å². The Labute approximate surface area is 174 Å². The first kappa shape index (κ1) is 18.3. The number of anilines is 4. The fraction of sp³-hybridized carbons (Fsp3) is 0.286. The van der Waals surface area contributed by atoms with Crippen LogP contribution in [-0.4, -0.2) is 59.2 Å². The number of fused-ring (bicyclic) bond motifs is 4. The molecule has 0 spiro atoms. The Bertz CT molecular complexity index is 1070. The van der Waals surface area contributed by atoms with E-state index in [1.165, 1.54) is 0 Å². The van der Waals surface area contributed by atoms with Crippen LogP contribution in [0.15, 0.2) is 48.9 Å². The van der Waals surface area contributed by atoms with Crippen LogP contribution in [0.25, 0.3) is 11.4 Å². The van der Waals surface area contributed by atoms with Crippen molar-refractivity contribution < 1.29 is 4.79 Å². The third-order valence-electron chi connectivity index (χ3n) is 5.43. The summed E-state index contributed by atoms with van der Waals surface area (Å²) in [6.07, 6.45) is 6.11. The molecule has 1 N–H and O–H groups in total. The molecule has 3 aromatic heterocycles. The minimum atomic E-state index is -0.229. The Hall–Kier alpha value is -3.75. The average Bonchev–Trinajstić information content (AvgIpc) is 3.18. The summed E-state index contributed by atoms with van der Waals surface area (Å²) in [5, 5.41) is 2.89. The fourth-order valence-electron chi connectivity index (χ4n) is 3.90. The number of hydrogen-bond donors (Lipinski definition) is 1. The molecule has 9 nitrogen and oxygen atoms in total. The maximum absolute atomic E-state index is 13.2. The number of rotatable bonds is 3. The number of aromatic nitrogens is 4. The predicted octanol–water partition coefficient (Wildman–Crippen LogP) is 2.63. The van der Waals surface area contributed by atoms with Crippen LogP contribution < -0.4 is 20.0 Å². The second-order valence-corrected chi connectivity index (χ2v) is 7.61. The number of pyridine rings is 2. The number of hydrogen-bond acceptors (Lipinski definition) is 7. The minimum Gasteiger partial charge on any atom is -0.365 e. The van der Waals surface area contributed by atoms with Crippen LogP contribution in [-0.2, 0) is 0 Å². The lowest BCUT2D eigenvalue weighted by Crippen LogP contribution is -2.48. The summed E-state index contributed by atoms with van der Waals surface area (Å²) in [6.45, 7) is 1.66. The van der Waals surface area contributed by atoms with E-state index in [4.69, 9.17) is 4.98 Å². The van der Waals surface area contributed by atoms with E-state index in [1.807, 2.05) is 43.3 Å². The highest BCUT2D eigenvalue weighted by molar-refractivity contribution is 6.04. The van der Waals surface area contributed by atoms with Crippen LogP contribution in [0.2, 0.25) is 0 Å². The first-order chi connectivity index (χ1) is 14.6. The van der Waals surface area contributed by atoms with Gasteiger partial charge in [-0.2, -0.15) is 0 Å². The molecule has 1 saturated heterocycles.